The maximum absolute atomic E-state index is 4.71. The molecule has 5 heteroatoms. The van der Waals surface area contributed by atoms with Gasteiger partial charge in [0.15, 0.2) is 0 Å². The number of thiol groups is 1. The first-order valence-corrected chi connectivity index (χ1v) is 1.57. The predicted octanol–water partition coefficient (Wildman–Crippen LogP) is 0.385. The smallest absolute Gasteiger partial charge is 0.128 e. The molecule has 0 bridgehead atoms. The minimum Gasteiger partial charge on any atom is -0.385 e. The molecule has 6 heavy (non-hydrogen) atoms. The van der Waals surface area contributed by atoms with Gasteiger partial charge in [0.05, 0.1) is 0 Å². The Hall–Kier alpha value is 0.940. The second-order valence-corrected chi connectivity index (χ2v) is 1.56. The highest BCUT2D eigenvalue weighted by Gasteiger charge is 1.55. The lowest BCUT2D eigenvalue weighted by Crippen LogP contribution is -1.94. The Labute approximate surface area is 62.0 Å². The number of hydrogen-bond acceptors (Lipinski definition) is 1. The molecule has 0 aliphatic carbocycles. The van der Waals surface area contributed by atoms with E-state index in [1.165, 1.54) is 0 Å². The maximum atomic E-state index is 4.71. The van der Waals surface area contributed by atoms with Crippen LogP contribution in [0.2, 0.25) is 0 Å². The third-order valence-corrected chi connectivity index (χ3v) is 0. The lowest BCUT2D eigenvalue weighted by Gasteiger charge is -1.64. The van der Waals surface area contributed by atoms with Crippen molar-refractivity contribution < 1.29 is 0 Å². The van der Waals surface area contributed by atoms with E-state index in [1.54, 1.807) is 0 Å². The molecular formula is CH7NS4. The van der Waals surface area contributed by atoms with Crippen molar-refractivity contribution >= 4 is 56.2 Å². The molecular weight excluding hydrogens is 154 g/mol. The Morgan fingerprint density at radius 3 is 1.50 bits per heavy atom. The molecule has 0 saturated heterocycles. The number of nitrogens with two attached hydrogens (primary N) is 1. The van der Waals surface area contributed by atoms with Gasteiger partial charge in [0.2, 0.25) is 0 Å². The quantitative estimate of drug-likeness (QED) is 0.397. The van der Waals surface area contributed by atoms with E-state index in [1.807, 2.05) is 0 Å². The average Bonchev–Trinajstić information content (AvgIpc) is 0.811. The molecule has 0 heterocycles. The van der Waals surface area contributed by atoms with Gasteiger partial charge in [-0.25, -0.2) is 0 Å². The van der Waals surface area contributed by atoms with Gasteiger partial charge < -0.3 is 5.73 Å². The van der Waals surface area contributed by atoms with Crippen molar-refractivity contribution in [2.24, 2.45) is 5.73 Å². The van der Waals surface area contributed by atoms with E-state index in [0.717, 1.165) is 0 Å². The van der Waals surface area contributed by atoms with E-state index in [2.05, 4.69) is 24.8 Å². The molecule has 0 aliphatic heterocycles. The summed E-state index contributed by atoms with van der Waals surface area (Å²) in [6.07, 6.45) is 0. The zero-order valence-corrected chi connectivity index (χ0v) is 6.64. The standard InChI is InChI=1S/CH3NS2.2H2S/c2-1(3)4;;/h(H3,2,3,4);2*1H2. The minimum absolute atomic E-state index is 0. The van der Waals surface area contributed by atoms with E-state index >= 15 is 0 Å². The molecule has 0 radical (unpaired) electrons. The molecule has 0 saturated carbocycles. The van der Waals surface area contributed by atoms with Crippen molar-refractivity contribution in [1.82, 2.24) is 0 Å². The zero-order chi connectivity index (χ0) is 3.58. The van der Waals surface area contributed by atoms with E-state index < -0.39 is 0 Å². The fraction of sp³-hybridized carbons (Fsp3) is 0. The van der Waals surface area contributed by atoms with Gasteiger partial charge in [-0.3, -0.25) is 0 Å². The van der Waals surface area contributed by atoms with Crippen LogP contribution >= 0.6 is 51.8 Å². The molecule has 0 spiro atoms. The minimum atomic E-state index is 0. The molecule has 0 aromatic rings. The molecule has 2 N–H and O–H groups in total. The van der Waals surface area contributed by atoms with Crippen molar-refractivity contribution in [1.29, 1.82) is 0 Å². The number of hydrogen-bond donors (Lipinski definition) is 2. The molecule has 0 amide bonds. The van der Waals surface area contributed by atoms with Crippen molar-refractivity contribution in [3.63, 3.8) is 0 Å². The van der Waals surface area contributed by atoms with Crippen LogP contribution in [0.25, 0.3) is 0 Å². The summed E-state index contributed by atoms with van der Waals surface area (Å²) in [5.74, 6) is 0. The molecule has 0 aromatic heterocycles. The third-order valence-electron chi connectivity index (χ3n) is 0. The van der Waals surface area contributed by atoms with E-state index in [4.69, 9.17) is 5.73 Å². The Bertz CT molecular complexity index is 30.5. The Kier molecular flexibility index (Phi) is 24.5. The third kappa shape index (κ3) is 86.8. The van der Waals surface area contributed by atoms with Crippen LogP contribution in [0.1, 0.15) is 0 Å². The molecule has 0 unspecified atom stereocenters. The summed E-state index contributed by atoms with van der Waals surface area (Å²) < 4.78 is 0.194. The van der Waals surface area contributed by atoms with Gasteiger partial charge in [-0.2, -0.15) is 27.0 Å². The van der Waals surface area contributed by atoms with Crippen molar-refractivity contribution in [2.75, 3.05) is 0 Å². The van der Waals surface area contributed by atoms with Crippen LogP contribution in [-0.4, -0.2) is 4.32 Å². The lowest BCUT2D eigenvalue weighted by atomic mass is 11.5. The summed E-state index contributed by atoms with van der Waals surface area (Å²) in [6, 6.07) is 0. The Morgan fingerprint density at radius 1 is 1.50 bits per heavy atom. The van der Waals surface area contributed by atoms with Crippen LogP contribution in [0.15, 0.2) is 0 Å². The van der Waals surface area contributed by atoms with Crippen LogP contribution in [0.5, 0.6) is 0 Å². The molecule has 0 atom stereocenters. The monoisotopic (exact) mass is 161 g/mol. The summed E-state index contributed by atoms with van der Waals surface area (Å²) in [5, 5.41) is 0. The molecule has 0 aromatic carbocycles. The highest BCUT2D eigenvalue weighted by atomic mass is 32.1. The fourth-order valence-electron chi connectivity index (χ4n) is 0. The predicted molar refractivity (Wildman–Crippen MR) is 46.5 cm³/mol. The van der Waals surface area contributed by atoms with Crippen LogP contribution in [0.4, 0.5) is 0 Å². The Balaban J connectivity index is -0.0000000450. The second-order valence-electron chi connectivity index (χ2n) is 0.338. The summed E-state index contributed by atoms with van der Waals surface area (Å²) in [6.45, 7) is 0. The first-order valence-electron chi connectivity index (χ1n) is 0.716. The van der Waals surface area contributed by atoms with Crippen LogP contribution in [-0.2, 0) is 0 Å². The Morgan fingerprint density at radius 2 is 1.50 bits per heavy atom. The van der Waals surface area contributed by atoms with Gasteiger partial charge in [-0.05, 0) is 0 Å². The summed E-state index contributed by atoms with van der Waals surface area (Å²) in [7, 11) is 0. The molecule has 0 aliphatic rings. The topological polar surface area (TPSA) is 26.0 Å². The SMILES string of the molecule is NC(=S)S.S.S. The van der Waals surface area contributed by atoms with Crippen molar-refractivity contribution in [2.45, 2.75) is 0 Å². The van der Waals surface area contributed by atoms with Gasteiger partial charge in [0.1, 0.15) is 4.32 Å². The fourth-order valence-corrected chi connectivity index (χ4v) is 0. The first-order chi connectivity index (χ1) is 1.73. The van der Waals surface area contributed by atoms with E-state index in [9.17, 15) is 0 Å². The highest BCUT2D eigenvalue weighted by Crippen LogP contribution is 1.63. The van der Waals surface area contributed by atoms with Gasteiger partial charge in [-0.1, -0.05) is 12.2 Å². The van der Waals surface area contributed by atoms with Crippen molar-refractivity contribution in [3.8, 4) is 0 Å². The highest BCUT2D eigenvalue weighted by molar-refractivity contribution is 8.10. The zero-order valence-electron chi connectivity index (χ0n) is 2.93. The number of thiocarbonyl (C=S) groups is 1. The van der Waals surface area contributed by atoms with Crippen LogP contribution < -0.4 is 5.73 Å². The normalized spacial score (nSPS) is 4.17. The molecule has 0 fully saturated rings. The van der Waals surface area contributed by atoms with E-state index in [0.29, 0.717) is 0 Å². The summed E-state index contributed by atoms with van der Waals surface area (Å²) in [4.78, 5) is 0. The summed E-state index contributed by atoms with van der Waals surface area (Å²) >= 11 is 7.65. The van der Waals surface area contributed by atoms with Gasteiger partial charge in [-0.15, -0.1) is 12.6 Å². The van der Waals surface area contributed by atoms with E-state index in [-0.39, 0.29) is 31.3 Å². The molecule has 40 valence electrons. The molecule has 1 nitrogen and oxygen atoms in total. The first kappa shape index (κ1) is 15.8. The second kappa shape index (κ2) is 9.34. The van der Waals surface area contributed by atoms with Crippen LogP contribution in [0.3, 0.4) is 0 Å². The van der Waals surface area contributed by atoms with Crippen molar-refractivity contribution in [3.05, 3.63) is 0 Å². The van der Waals surface area contributed by atoms with Gasteiger partial charge >= 0.3 is 0 Å². The summed E-state index contributed by atoms with van der Waals surface area (Å²) in [5.41, 5.74) is 4.71. The van der Waals surface area contributed by atoms with Crippen LogP contribution in [0, 0.1) is 0 Å². The van der Waals surface area contributed by atoms with Gasteiger partial charge in [0, 0.05) is 0 Å². The lowest BCUT2D eigenvalue weighted by molar-refractivity contribution is 1.91. The van der Waals surface area contributed by atoms with Gasteiger partial charge in [0.25, 0.3) is 0 Å². The number of rotatable bonds is 0. The maximum Gasteiger partial charge on any atom is 0.128 e. The largest absolute Gasteiger partial charge is 0.385 e. The average molecular weight is 161 g/mol. The molecule has 0 rings (SSSR count).